The molecule has 0 saturated heterocycles. The molecule has 0 fully saturated rings. The summed E-state index contributed by atoms with van der Waals surface area (Å²) < 4.78 is 0.981. The van der Waals surface area contributed by atoms with Crippen molar-refractivity contribution in [2.75, 3.05) is 18.0 Å². The van der Waals surface area contributed by atoms with Crippen molar-refractivity contribution in [3.05, 3.63) is 28.2 Å². The number of carbonyl (C=O) groups is 2. The third kappa shape index (κ3) is 4.14. The van der Waals surface area contributed by atoms with Gasteiger partial charge in [0.2, 0.25) is 11.8 Å². The highest BCUT2D eigenvalue weighted by atomic mass is 79.9. The van der Waals surface area contributed by atoms with Gasteiger partial charge in [-0.05, 0) is 30.7 Å². The number of carbonyl (C=O) groups excluding carboxylic acids is 2. The van der Waals surface area contributed by atoms with Crippen LogP contribution in [0.1, 0.15) is 19.4 Å². The molecule has 0 saturated carbocycles. The molecule has 1 rings (SSSR count). The van der Waals surface area contributed by atoms with E-state index in [4.69, 9.17) is 0 Å². The van der Waals surface area contributed by atoms with Gasteiger partial charge in [0.05, 0.1) is 0 Å². The minimum Gasteiger partial charge on any atom is -0.355 e. The Hall–Kier alpha value is -1.36. The number of halogens is 1. The number of nitrogens with zero attached hydrogens (tertiary/aromatic N) is 1. The van der Waals surface area contributed by atoms with Gasteiger partial charge in [-0.1, -0.05) is 15.9 Å². The Morgan fingerprint density at radius 3 is 2.50 bits per heavy atom. The summed E-state index contributed by atoms with van der Waals surface area (Å²) in [5.74, 6) is -0.128. The van der Waals surface area contributed by atoms with Gasteiger partial charge in [0, 0.05) is 37.1 Å². The minimum atomic E-state index is -0.0916. The normalized spacial score (nSPS) is 10.0. The van der Waals surface area contributed by atoms with Crippen molar-refractivity contribution in [1.82, 2.24) is 5.32 Å². The molecule has 0 bridgehead atoms. The van der Waals surface area contributed by atoms with Gasteiger partial charge in [-0.3, -0.25) is 9.59 Å². The molecular formula is C13H17BrN2O2. The van der Waals surface area contributed by atoms with Crippen LogP contribution in [-0.2, 0) is 9.59 Å². The van der Waals surface area contributed by atoms with Crippen molar-refractivity contribution in [3.63, 3.8) is 0 Å². The number of hydrogen-bond acceptors (Lipinski definition) is 2. The maximum atomic E-state index is 11.7. The summed E-state index contributed by atoms with van der Waals surface area (Å²) in [6.45, 7) is 5.86. The van der Waals surface area contributed by atoms with E-state index < -0.39 is 0 Å². The molecule has 0 aliphatic rings. The summed E-state index contributed by atoms with van der Waals surface area (Å²) in [4.78, 5) is 24.1. The van der Waals surface area contributed by atoms with Gasteiger partial charge < -0.3 is 10.2 Å². The Morgan fingerprint density at radius 1 is 1.33 bits per heavy atom. The lowest BCUT2D eigenvalue weighted by atomic mass is 10.2. The predicted molar refractivity (Wildman–Crippen MR) is 75.6 cm³/mol. The second kappa shape index (κ2) is 6.54. The van der Waals surface area contributed by atoms with Gasteiger partial charge in [-0.15, -0.1) is 0 Å². The van der Waals surface area contributed by atoms with Crippen LogP contribution < -0.4 is 10.2 Å². The standard InChI is InChI=1S/C13H17BrN2O2/c1-9-8-12(14)4-5-13(9)16(11(3)18)7-6-15-10(2)17/h4-5,8H,6-7H2,1-3H3,(H,15,17). The highest BCUT2D eigenvalue weighted by molar-refractivity contribution is 9.10. The largest absolute Gasteiger partial charge is 0.355 e. The fraction of sp³-hybridized carbons (Fsp3) is 0.385. The summed E-state index contributed by atoms with van der Waals surface area (Å²) >= 11 is 3.39. The van der Waals surface area contributed by atoms with Crippen molar-refractivity contribution in [1.29, 1.82) is 0 Å². The molecule has 4 nitrogen and oxygen atoms in total. The molecule has 1 aromatic rings. The van der Waals surface area contributed by atoms with E-state index in [1.54, 1.807) is 4.90 Å². The molecule has 0 aliphatic heterocycles. The molecular weight excluding hydrogens is 296 g/mol. The topological polar surface area (TPSA) is 49.4 Å². The predicted octanol–water partition coefficient (Wildman–Crippen LogP) is 2.25. The van der Waals surface area contributed by atoms with Crippen LogP contribution in [-0.4, -0.2) is 24.9 Å². The lowest BCUT2D eigenvalue weighted by Gasteiger charge is -2.23. The van der Waals surface area contributed by atoms with Crippen LogP contribution in [0.25, 0.3) is 0 Å². The fourth-order valence-corrected chi connectivity index (χ4v) is 2.19. The Bertz CT molecular complexity index is 460. The molecule has 0 radical (unpaired) electrons. The third-order valence-corrected chi connectivity index (χ3v) is 3.03. The number of nitrogens with one attached hydrogen (secondary N) is 1. The molecule has 0 spiro atoms. The first kappa shape index (κ1) is 14.7. The highest BCUT2D eigenvalue weighted by Crippen LogP contribution is 2.23. The van der Waals surface area contributed by atoms with E-state index in [9.17, 15) is 9.59 Å². The molecule has 98 valence electrons. The van der Waals surface area contributed by atoms with Crippen molar-refractivity contribution < 1.29 is 9.59 Å². The lowest BCUT2D eigenvalue weighted by Crippen LogP contribution is -2.37. The Morgan fingerprint density at radius 2 is 2.00 bits per heavy atom. The van der Waals surface area contributed by atoms with E-state index in [0.29, 0.717) is 13.1 Å². The number of aryl methyl sites for hydroxylation is 1. The summed E-state index contributed by atoms with van der Waals surface area (Å²) in [6, 6.07) is 5.76. The summed E-state index contributed by atoms with van der Waals surface area (Å²) in [5, 5.41) is 2.69. The van der Waals surface area contributed by atoms with Gasteiger partial charge in [0.15, 0.2) is 0 Å². The summed E-state index contributed by atoms with van der Waals surface area (Å²) in [5.41, 5.74) is 1.89. The van der Waals surface area contributed by atoms with E-state index in [2.05, 4.69) is 21.2 Å². The Balaban J connectivity index is 2.84. The monoisotopic (exact) mass is 312 g/mol. The van der Waals surface area contributed by atoms with Crippen molar-refractivity contribution in [2.45, 2.75) is 20.8 Å². The van der Waals surface area contributed by atoms with Crippen LogP contribution in [0.5, 0.6) is 0 Å². The maximum absolute atomic E-state index is 11.7. The average Bonchev–Trinajstić information content (AvgIpc) is 2.25. The first-order chi connectivity index (χ1) is 8.41. The first-order valence-corrected chi connectivity index (χ1v) is 6.50. The first-order valence-electron chi connectivity index (χ1n) is 5.70. The van der Waals surface area contributed by atoms with Crippen LogP contribution in [0, 0.1) is 6.92 Å². The molecule has 0 aliphatic carbocycles. The molecule has 0 heterocycles. The number of hydrogen-bond donors (Lipinski definition) is 1. The van der Waals surface area contributed by atoms with Crippen molar-refractivity contribution in [3.8, 4) is 0 Å². The average molecular weight is 313 g/mol. The van der Waals surface area contributed by atoms with Crippen LogP contribution >= 0.6 is 15.9 Å². The molecule has 2 amide bonds. The second-order valence-corrected chi connectivity index (χ2v) is 5.00. The highest BCUT2D eigenvalue weighted by Gasteiger charge is 2.13. The van der Waals surface area contributed by atoms with Crippen LogP contribution in [0.15, 0.2) is 22.7 Å². The van der Waals surface area contributed by atoms with Gasteiger partial charge >= 0.3 is 0 Å². The SMILES string of the molecule is CC(=O)NCCN(C(C)=O)c1ccc(Br)cc1C. The van der Waals surface area contributed by atoms with Crippen LogP contribution in [0.4, 0.5) is 5.69 Å². The van der Waals surface area contributed by atoms with Gasteiger partial charge in [0.25, 0.3) is 0 Å². The number of rotatable bonds is 4. The van der Waals surface area contributed by atoms with Crippen LogP contribution in [0.3, 0.4) is 0 Å². The lowest BCUT2D eigenvalue weighted by molar-refractivity contribution is -0.119. The van der Waals surface area contributed by atoms with Crippen molar-refractivity contribution >= 4 is 33.4 Å². The molecule has 18 heavy (non-hydrogen) atoms. The minimum absolute atomic E-state index is 0.0363. The molecule has 0 aromatic heterocycles. The van der Waals surface area contributed by atoms with Gasteiger partial charge in [0.1, 0.15) is 0 Å². The smallest absolute Gasteiger partial charge is 0.223 e. The Labute approximate surface area is 115 Å². The number of anilines is 1. The van der Waals surface area contributed by atoms with E-state index in [1.807, 2.05) is 25.1 Å². The molecule has 0 atom stereocenters. The van der Waals surface area contributed by atoms with Crippen LogP contribution in [0.2, 0.25) is 0 Å². The molecule has 1 aromatic carbocycles. The zero-order valence-corrected chi connectivity index (χ0v) is 12.4. The summed E-state index contributed by atoms with van der Waals surface area (Å²) in [7, 11) is 0. The second-order valence-electron chi connectivity index (χ2n) is 4.08. The van der Waals surface area contributed by atoms with Gasteiger partial charge in [-0.25, -0.2) is 0 Å². The zero-order chi connectivity index (χ0) is 13.7. The molecule has 5 heteroatoms. The number of amides is 2. The quantitative estimate of drug-likeness (QED) is 0.927. The van der Waals surface area contributed by atoms with E-state index in [-0.39, 0.29) is 11.8 Å². The molecule has 1 N–H and O–H groups in total. The maximum Gasteiger partial charge on any atom is 0.223 e. The van der Waals surface area contributed by atoms with E-state index >= 15 is 0 Å². The van der Waals surface area contributed by atoms with E-state index in [0.717, 1.165) is 15.7 Å². The summed E-state index contributed by atoms with van der Waals surface area (Å²) in [6.07, 6.45) is 0. The van der Waals surface area contributed by atoms with E-state index in [1.165, 1.54) is 13.8 Å². The third-order valence-electron chi connectivity index (χ3n) is 2.54. The van der Waals surface area contributed by atoms with Crippen molar-refractivity contribution in [2.24, 2.45) is 0 Å². The Kier molecular flexibility index (Phi) is 5.34. The number of benzene rings is 1. The van der Waals surface area contributed by atoms with Gasteiger partial charge in [-0.2, -0.15) is 0 Å². The molecule has 0 unspecified atom stereocenters. The fourth-order valence-electron chi connectivity index (χ4n) is 1.71. The zero-order valence-electron chi connectivity index (χ0n) is 10.8.